The molecule has 0 saturated heterocycles. The van der Waals surface area contributed by atoms with E-state index in [9.17, 15) is 54.0 Å². The Kier molecular flexibility index (Phi) is 20.6. The smallest absolute Gasteiger partial charge is 0.191 e. The Morgan fingerprint density at radius 3 is 1.09 bits per heavy atom. The molecular weight excluding hydrogens is 1460 g/mol. The van der Waals surface area contributed by atoms with Crippen molar-refractivity contribution >= 4 is 86.2 Å². The molecule has 18 atom stereocenters. The average Bonchev–Trinajstić information content (AvgIpc) is 1.52. The number of nitrogens with zero attached hydrogens (tertiary/aromatic N) is 15. The molecule has 3 aromatic carbocycles. The van der Waals surface area contributed by atoms with E-state index in [-0.39, 0.29) is 88.6 Å². The minimum Gasteiger partial charge on any atom is -0.394 e. The van der Waals surface area contributed by atoms with Crippen molar-refractivity contribution in [2.75, 3.05) is 72.8 Å². The summed E-state index contributed by atoms with van der Waals surface area (Å²) < 4.78 is 171. The van der Waals surface area contributed by atoms with E-state index in [1.54, 1.807) is 51.1 Å². The van der Waals surface area contributed by atoms with Crippen LogP contribution in [0.1, 0.15) is 165 Å². The number of nitrogens with one attached hydrogen (secondary N) is 3. The molecule has 0 aliphatic heterocycles. The monoisotopic (exact) mass is 1570 g/mol. The predicted octanol–water partition coefficient (Wildman–Crippen LogP) is 6.55. The van der Waals surface area contributed by atoms with Gasteiger partial charge >= 0.3 is 0 Å². The Morgan fingerprint density at radius 1 is 0.472 bits per heavy atom. The highest BCUT2D eigenvalue weighted by Gasteiger charge is 2.49. The van der Waals surface area contributed by atoms with Gasteiger partial charge in [-0.15, -0.1) is 15.3 Å². The number of aliphatic hydroxyl groups is 9. The summed E-state index contributed by atoms with van der Waals surface area (Å²) in [5.41, 5.74) is 3.17. The van der Waals surface area contributed by atoms with Crippen LogP contribution in [0.4, 0.5) is 30.6 Å². The maximum Gasteiger partial charge on any atom is 0.191 e. The Bertz CT molecular complexity index is 5270. The van der Waals surface area contributed by atoms with Crippen molar-refractivity contribution in [3.8, 4) is 0 Å². The Morgan fingerprint density at radius 2 is 0.796 bits per heavy atom. The van der Waals surface area contributed by atoms with Gasteiger partial charge in [0.1, 0.15) is 54.1 Å². The van der Waals surface area contributed by atoms with Crippen LogP contribution in [0, 0.1) is 38.2 Å². The molecular formula is C72H93F3N18O12S3. The lowest BCUT2D eigenvalue weighted by Gasteiger charge is -2.17. The van der Waals surface area contributed by atoms with Crippen LogP contribution in [0.25, 0.3) is 33.5 Å². The number of fused-ring (bicyclic) bond motifs is 3. The van der Waals surface area contributed by atoms with Crippen LogP contribution in [-0.4, -0.2) is 251 Å². The third-order valence-corrected chi connectivity index (χ3v) is 22.1. The summed E-state index contributed by atoms with van der Waals surface area (Å²) >= 11 is 4.00. The van der Waals surface area contributed by atoms with Crippen LogP contribution >= 0.6 is 35.3 Å². The van der Waals surface area contributed by atoms with Gasteiger partial charge in [0.15, 0.2) is 66.4 Å². The zero-order valence-electron chi connectivity index (χ0n) is 72.4. The minimum atomic E-state index is -2.62. The van der Waals surface area contributed by atoms with E-state index in [0.717, 1.165) is 19.3 Å². The first-order valence-corrected chi connectivity index (χ1v) is 38.2. The molecule has 6 saturated carbocycles. The Balaban J connectivity index is 0.000000157. The number of aliphatic hydroxyl groups excluding tert-OH is 8. The van der Waals surface area contributed by atoms with E-state index in [1.165, 1.54) is 73.6 Å². The highest BCUT2D eigenvalue weighted by molar-refractivity contribution is 7.99. The average molecular weight is 1570 g/mol. The van der Waals surface area contributed by atoms with Gasteiger partial charge in [0.25, 0.3) is 0 Å². The second kappa shape index (κ2) is 35.1. The van der Waals surface area contributed by atoms with Crippen molar-refractivity contribution in [2.24, 2.45) is 0 Å². The molecule has 0 radical (unpaired) electrons. The number of aryl methyl sites for hydroxylation is 3. The van der Waals surface area contributed by atoms with Crippen molar-refractivity contribution in [3.05, 3.63) is 105 Å². The SMILES string of the molecule is [2H]C([2H])(CO)O[C@H]1C[C@@H](n2nnc3c(N[C@@]4([2H])[C@H](c5ccc(C)c(F)c5)C4([2H])[2H])nc(SCCC)nc32)[C@H](O)[C@@H]1O.[2H]C([2H])(O)CO[C@H]1C[C@@H](n2nnc3c(N[C@@]4([2H])[C@H](c5ccc(C)c(F)c5)C4([2H])[2H])nc(SCCC)nc32)[C@H](O)[C@@H]1O.[2H]C1([2H])[C@@H](c2ccc(C)c(F)c2)[C@]1([2H])Nc1nc(SCCC)nc2c1nnn2[C@@H]1C[C@H](OCCO)[C@@H](O)[C@H]1O. The highest BCUT2D eigenvalue weighted by Crippen LogP contribution is 2.48. The Labute approximate surface area is 651 Å². The van der Waals surface area contributed by atoms with Gasteiger partial charge in [-0.3, -0.25) is 0 Å². The molecule has 0 amide bonds. The van der Waals surface area contributed by atoms with Gasteiger partial charge < -0.3 is 76.1 Å². The van der Waals surface area contributed by atoms with Crippen LogP contribution in [0.15, 0.2) is 70.1 Å². The number of rotatable bonds is 30. The normalized spacial score (nSPS) is 33.1. The van der Waals surface area contributed by atoms with Crippen LogP contribution in [0.5, 0.6) is 0 Å². The summed E-state index contributed by atoms with van der Waals surface area (Å²) in [6.07, 6.45) is -14.7. The third-order valence-electron chi connectivity index (χ3n) is 18.9. The van der Waals surface area contributed by atoms with Gasteiger partial charge in [0, 0.05) is 80.6 Å². The van der Waals surface area contributed by atoms with Gasteiger partial charge in [-0.1, -0.05) is 108 Å². The zero-order chi connectivity index (χ0) is 87.9. The van der Waals surface area contributed by atoms with Crippen molar-refractivity contribution in [1.29, 1.82) is 0 Å². The van der Waals surface area contributed by atoms with E-state index in [0.29, 0.717) is 61.0 Å². The number of benzene rings is 3. The number of ether oxygens (including phenoxy) is 3. The molecule has 6 aliphatic rings. The summed E-state index contributed by atoms with van der Waals surface area (Å²) in [5, 5.41) is 126. The second-order valence-corrected chi connectivity index (χ2v) is 29.7. The molecule has 582 valence electrons. The van der Waals surface area contributed by atoms with E-state index in [4.69, 9.17) is 37.1 Å². The molecule has 108 heavy (non-hydrogen) atoms. The number of hydrogen-bond acceptors (Lipinski definition) is 30. The molecule has 9 aromatic rings. The molecule has 0 bridgehead atoms. The van der Waals surface area contributed by atoms with E-state index >= 15 is 0 Å². The first kappa shape index (κ1) is 63.5. The molecule has 6 heterocycles. The maximum atomic E-state index is 14.3. The third kappa shape index (κ3) is 17.5. The number of aromatic nitrogens is 15. The highest BCUT2D eigenvalue weighted by atomic mass is 32.2. The second-order valence-electron chi connectivity index (χ2n) is 26.6. The van der Waals surface area contributed by atoms with Crippen LogP contribution < -0.4 is 16.0 Å². The molecule has 36 heteroatoms. The molecule has 6 aliphatic carbocycles. The molecule has 0 unspecified atom stereocenters. The van der Waals surface area contributed by atoms with E-state index < -0.39 is 172 Å². The fourth-order valence-electron chi connectivity index (χ4n) is 12.9. The van der Waals surface area contributed by atoms with Crippen molar-refractivity contribution in [3.63, 3.8) is 0 Å². The van der Waals surface area contributed by atoms with E-state index in [1.807, 2.05) is 20.8 Å². The van der Waals surface area contributed by atoms with Crippen molar-refractivity contribution < 1.29 is 91.2 Å². The van der Waals surface area contributed by atoms with Gasteiger partial charge in [0.2, 0.25) is 0 Å². The van der Waals surface area contributed by atoms with Crippen molar-refractivity contribution in [1.82, 2.24) is 74.9 Å². The number of anilines is 3. The molecule has 0 spiro atoms. The first-order valence-electron chi connectivity index (χ1n) is 41.8. The maximum absolute atomic E-state index is 14.3. The fraction of sp³-hybridized carbons (Fsp3) is 0.583. The molecule has 12 N–H and O–H groups in total. The quantitative estimate of drug-likeness (QED) is 0.0168. The predicted molar refractivity (Wildman–Crippen MR) is 398 cm³/mol. The summed E-state index contributed by atoms with van der Waals surface area (Å²) in [4.78, 5) is 27.2. The molecule has 6 fully saturated rings. The lowest BCUT2D eigenvalue weighted by Crippen LogP contribution is -2.33. The first-order chi connectivity index (χ1) is 56.9. The zero-order valence-corrected chi connectivity index (χ0v) is 61.8. The molecule has 30 nitrogen and oxygen atoms in total. The number of halogens is 3. The molecule has 6 aromatic heterocycles. The van der Waals surface area contributed by atoms with Crippen molar-refractivity contribution in [2.45, 2.75) is 224 Å². The summed E-state index contributed by atoms with van der Waals surface area (Å²) in [5.74, 6) is -2.25. The lowest BCUT2D eigenvalue weighted by molar-refractivity contribution is -0.0629. The van der Waals surface area contributed by atoms with E-state index in [2.05, 4.69) is 76.8 Å². The Hall–Kier alpha value is -7.14. The minimum absolute atomic E-state index is 0.00689. The number of thioether (sulfide) groups is 3. The van der Waals surface area contributed by atoms with Gasteiger partial charge in [-0.05, 0) is 111 Å². The number of hydrogen-bond donors (Lipinski definition) is 12. The van der Waals surface area contributed by atoms with Crippen LogP contribution in [-0.2, 0) is 14.2 Å². The van der Waals surface area contributed by atoms with Gasteiger partial charge in [-0.25, -0.2) is 57.1 Å². The summed E-state index contributed by atoms with van der Waals surface area (Å²) in [6, 6.07) is 4.96. The lowest BCUT2D eigenvalue weighted by atomic mass is 10.1. The molecule has 15 rings (SSSR count). The van der Waals surface area contributed by atoms with Crippen LogP contribution in [0.2, 0.25) is 0 Å². The van der Waals surface area contributed by atoms with Gasteiger partial charge in [-0.2, -0.15) is 0 Å². The summed E-state index contributed by atoms with van der Waals surface area (Å²) in [7, 11) is 0. The summed E-state index contributed by atoms with van der Waals surface area (Å²) in [6.45, 7) is 3.84. The van der Waals surface area contributed by atoms with Crippen LogP contribution in [0.3, 0.4) is 0 Å². The topological polar surface area (TPSA) is 415 Å². The fourth-order valence-corrected chi connectivity index (χ4v) is 15.0. The van der Waals surface area contributed by atoms with Gasteiger partial charge in [0.05, 0.1) is 85.6 Å². The standard InChI is InChI=1S/3C24H31FN6O4S/c3*1-3-8-36-24-27-22(26-16-10-14(16)13-5-4-12(2)15(25)9-13)19-23(28-24)31(30-29-19)17-11-18(35-7-6-32)21(34)20(17)33/h3*4-5,9,14,16-18,20-21,32-34H,3,6-8,10-11H2,1-2H3,(H,26,27,28)/t3*14-,16+,17+,18-,20-,21+/m000/s1/i7D2,10D2,16D;6D2,10D2,16D;10D2,16D. The largest absolute Gasteiger partial charge is 0.394 e.